The Labute approximate surface area is 153 Å². The summed E-state index contributed by atoms with van der Waals surface area (Å²) in [5.74, 6) is 1.43. The fourth-order valence-electron chi connectivity index (χ4n) is 3.16. The van der Waals surface area contributed by atoms with Crippen molar-refractivity contribution in [3.8, 4) is 11.5 Å². The summed E-state index contributed by atoms with van der Waals surface area (Å²) in [6.45, 7) is 4.45. The minimum atomic E-state index is 0. The molecule has 25 heavy (non-hydrogen) atoms. The maximum Gasteiger partial charge on any atom is 0.254 e. The van der Waals surface area contributed by atoms with Gasteiger partial charge in [-0.05, 0) is 23.8 Å². The average Bonchev–Trinajstić information content (AvgIpc) is 3.10. The second-order valence-corrected chi connectivity index (χ2v) is 6.12. The molecule has 0 N–H and O–H groups in total. The van der Waals surface area contributed by atoms with Crippen molar-refractivity contribution in [2.75, 3.05) is 33.0 Å². The number of hydrogen-bond acceptors (Lipinski definition) is 4. The smallest absolute Gasteiger partial charge is 0.254 e. The number of fused-ring (bicyclic) bond motifs is 1. The normalized spacial score (nSPS) is 16.4. The van der Waals surface area contributed by atoms with Crippen LogP contribution in [-0.2, 0) is 6.54 Å². The van der Waals surface area contributed by atoms with Gasteiger partial charge >= 0.3 is 0 Å². The Balaban J connectivity index is 0.00000182. The van der Waals surface area contributed by atoms with Crippen LogP contribution in [-0.4, -0.2) is 48.7 Å². The zero-order valence-corrected chi connectivity index (χ0v) is 14.6. The molecule has 0 unspecified atom stereocenters. The number of nitrogens with zero attached hydrogens (tertiary/aromatic N) is 2. The number of halogens is 1. The highest BCUT2D eigenvalue weighted by Crippen LogP contribution is 2.32. The second kappa shape index (κ2) is 7.76. The third-order valence-electron chi connectivity index (χ3n) is 4.53. The first-order valence-electron chi connectivity index (χ1n) is 8.25. The van der Waals surface area contributed by atoms with E-state index in [-0.39, 0.29) is 25.1 Å². The minimum absolute atomic E-state index is 0. The second-order valence-electron chi connectivity index (χ2n) is 6.12. The van der Waals surface area contributed by atoms with Gasteiger partial charge in [-0.15, -0.1) is 0 Å². The molecule has 1 saturated heterocycles. The van der Waals surface area contributed by atoms with Crippen LogP contribution >= 0.6 is 0 Å². The number of carbonyl (C=O) groups excluding carboxylic acids is 1. The molecule has 0 saturated carbocycles. The lowest BCUT2D eigenvalue weighted by atomic mass is 10.1. The Kier molecular flexibility index (Phi) is 5.46. The molecule has 132 valence electrons. The lowest BCUT2D eigenvalue weighted by Crippen LogP contribution is -3.00. The Bertz CT molecular complexity index is 731. The summed E-state index contributed by atoms with van der Waals surface area (Å²) < 4.78 is 10.7. The van der Waals surface area contributed by atoms with Gasteiger partial charge in [0.05, 0.1) is 0 Å². The van der Waals surface area contributed by atoms with E-state index in [0.717, 1.165) is 32.7 Å². The largest absolute Gasteiger partial charge is 1.00 e. The van der Waals surface area contributed by atoms with E-state index in [0.29, 0.717) is 17.1 Å². The van der Waals surface area contributed by atoms with Crippen molar-refractivity contribution < 1.29 is 26.7 Å². The zero-order valence-electron chi connectivity index (χ0n) is 13.9. The summed E-state index contributed by atoms with van der Waals surface area (Å²) in [4.78, 5) is 17.0. The minimum Gasteiger partial charge on any atom is -1.00 e. The molecule has 0 atom stereocenters. The number of rotatable bonds is 3. The maximum absolute atomic E-state index is 12.7. The molecule has 2 aliphatic rings. The highest BCUT2D eigenvalue weighted by Gasteiger charge is 2.24. The summed E-state index contributed by atoms with van der Waals surface area (Å²) in [6.07, 6.45) is 0. The predicted octanol–water partition coefficient (Wildman–Crippen LogP) is -0.623. The molecule has 0 radical (unpaired) electrons. The summed E-state index contributed by atoms with van der Waals surface area (Å²) in [6, 6.07) is 15.8. The Hall–Kier alpha value is -2.24. The van der Waals surface area contributed by atoms with Crippen molar-refractivity contribution in [2.24, 2.45) is 0 Å². The number of carbonyl (C=O) groups is 1. The van der Waals surface area contributed by atoms with Crippen molar-refractivity contribution in [1.29, 1.82) is 0 Å². The maximum atomic E-state index is 12.7. The predicted molar refractivity (Wildman–Crippen MR) is 90.2 cm³/mol. The number of hydrogen-bond donors (Lipinski definition) is 0. The summed E-state index contributed by atoms with van der Waals surface area (Å²) in [5.41, 5.74) is 1.98. The highest BCUT2D eigenvalue weighted by molar-refractivity contribution is 5.95. The molecule has 0 aromatic heterocycles. The SMILES string of the molecule is O=C(c1ccc2c(c1)OCO2)N1CCN(Cc2ccccc2)CC1.[Cl-]. The molecular weight excluding hydrogens is 340 g/mol. The van der Waals surface area contributed by atoms with Crippen molar-refractivity contribution in [1.82, 2.24) is 9.80 Å². The molecule has 2 aromatic rings. The van der Waals surface area contributed by atoms with E-state index in [4.69, 9.17) is 9.47 Å². The molecule has 2 aromatic carbocycles. The Morgan fingerprint density at radius 1 is 0.920 bits per heavy atom. The lowest BCUT2D eigenvalue weighted by molar-refractivity contribution is -0.0000171. The first kappa shape index (κ1) is 17.6. The van der Waals surface area contributed by atoms with Gasteiger partial charge in [-0.25, -0.2) is 0 Å². The number of ether oxygens (including phenoxy) is 2. The van der Waals surface area contributed by atoms with Crippen LogP contribution < -0.4 is 21.9 Å². The van der Waals surface area contributed by atoms with Gasteiger partial charge < -0.3 is 26.8 Å². The molecular formula is C19H20ClN2O3-. The lowest BCUT2D eigenvalue weighted by Gasteiger charge is -2.34. The molecule has 1 fully saturated rings. The summed E-state index contributed by atoms with van der Waals surface area (Å²) >= 11 is 0. The molecule has 5 nitrogen and oxygen atoms in total. The van der Waals surface area contributed by atoms with E-state index in [1.54, 1.807) is 12.1 Å². The number of benzene rings is 2. The number of amides is 1. The van der Waals surface area contributed by atoms with E-state index < -0.39 is 0 Å². The van der Waals surface area contributed by atoms with Gasteiger partial charge in [0.15, 0.2) is 11.5 Å². The molecule has 2 heterocycles. The van der Waals surface area contributed by atoms with Gasteiger partial charge in [-0.3, -0.25) is 9.69 Å². The Morgan fingerprint density at radius 3 is 2.40 bits per heavy atom. The van der Waals surface area contributed by atoms with Crippen molar-refractivity contribution in [3.63, 3.8) is 0 Å². The first-order chi connectivity index (χ1) is 11.8. The third-order valence-corrected chi connectivity index (χ3v) is 4.53. The standard InChI is InChI=1S/C19H20N2O3.ClH/c22-19(16-6-7-17-18(12-16)24-14-23-17)21-10-8-20(9-11-21)13-15-4-2-1-3-5-15;/h1-7,12H,8-11,13-14H2;1H/p-1. The average molecular weight is 360 g/mol. The van der Waals surface area contributed by atoms with Crippen molar-refractivity contribution in [2.45, 2.75) is 6.54 Å². The highest BCUT2D eigenvalue weighted by atomic mass is 35.5. The van der Waals surface area contributed by atoms with Gasteiger partial charge in [-0.1, -0.05) is 30.3 Å². The third kappa shape index (κ3) is 3.89. The first-order valence-corrected chi connectivity index (χ1v) is 8.25. The van der Waals surface area contributed by atoms with Crippen LogP contribution in [0, 0.1) is 0 Å². The molecule has 0 spiro atoms. The Morgan fingerprint density at radius 2 is 1.64 bits per heavy atom. The quantitative estimate of drug-likeness (QED) is 0.732. The summed E-state index contributed by atoms with van der Waals surface area (Å²) in [7, 11) is 0. The molecule has 1 amide bonds. The van der Waals surface area contributed by atoms with E-state index in [1.165, 1.54) is 5.56 Å². The molecule has 6 heteroatoms. The molecule has 0 aliphatic carbocycles. The van der Waals surface area contributed by atoms with Gasteiger partial charge in [0.1, 0.15) is 0 Å². The van der Waals surface area contributed by atoms with Crippen molar-refractivity contribution >= 4 is 5.91 Å². The zero-order chi connectivity index (χ0) is 16.4. The molecule has 4 rings (SSSR count). The molecule has 0 bridgehead atoms. The topological polar surface area (TPSA) is 42.0 Å². The van der Waals surface area contributed by atoms with Crippen LogP contribution in [0.15, 0.2) is 48.5 Å². The van der Waals surface area contributed by atoms with Gasteiger partial charge in [-0.2, -0.15) is 0 Å². The van der Waals surface area contributed by atoms with Crippen LogP contribution in [0.1, 0.15) is 15.9 Å². The van der Waals surface area contributed by atoms with Crippen molar-refractivity contribution in [3.05, 3.63) is 59.7 Å². The summed E-state index contributed by atoms with van der Waals surface area (Å²) in [5, 5.41) is 0. The van der Waals surface area contributed by atoms with Crippen LogP contribution in [0.3, 0.4) is 0 Å². The van der Waals surface area contributed by atoms with Gasteiger partial charge in [0.25, 0.3) is 5.91 Å². The number of piperazine rings is 1. The van der Waals surface area contributed by atoms with Crippen LogP contribution in [0.5, 0.6) is 11.5 Å². The van der Waals surface area contributed by atoms with E-state index in [2.05, 4.69) is 29.2 Å². The van der Waals surface area contributed by atoms with E-state index >= 15 is 0 Å². The van der Waals surface area contributed by atoms with E-state index in [1.807, 2.05) is 17.0 Å². The van der Waals surface area contributed by atoms with Crippen LogP contribution in [0.4, 0.5) is 0 Å². The van der Waals surface area contributed by atoms with E-state index in [9.17, 15) is 4.79 Å². The van der Waals surface area contributed by atoms with Gasteiger partial charge in [0, 0.05) is 38.3 Å². The monoisotopic (exact) mass is 359 g/mol. The fraction of sp³-hybridized carbons (Fsp3) is 0.316. The molecule has 2 aliphatic heterocycles. The fourth-order valence-corrected chi connectivity index (χ4v) is 3.16. The van der Waals surface area contributed by atoms with Crippen LogP contribution in [0.2, 0.25) is 0 Å². The van der Waals surface area contributed by atoms with Gasteiger partial charge in [0.2, 0.25) is 6.79 Å². The van der Waals surface area contributed by atoms with Crippen LogP contribution in [0.25, 0.3) is 0 Å².